The molecule has 2 aliphatic rings. The van der Waals surface area contributed by atoms with Crippen molar-refractivity contribution in [3.05, 3.63) is 59.1 Å². The number of amides is 1. The molecule has 0 spiro atoms. The Bertz CT molecular complexity index is 1120. The molecule has 0 saturated carbocycles. The van der Waals surface area contributed by atoms with Crippen LogP contribution in [-0.2, 0) is 19.6 Å². The number of likely N-dealkylation sites (tertiary alicyclic amines) is 1. The van der Waals surface area contributed by atoms with E-state index in [4.69, 9.17) is 21.1 Å². The van der Waals surface area contributed by atoms with Gasteiger partial charge >= 0.3 is 0 Å². The molecule has 2 saturated heterocycles. The molecule has 0 unspecified atom stereocenters. The van der Waals surface area contributed by atoms with Crippen molar-refractivity contribution in [1.29, 1.82) is 0 Å². The predicted octanol–water partition coefficient (Wildman–Crippen LogP) is 3.89. The van der Waals surface area contributed by atoms with Crippen molar-refractivity contribution in [2.24, 2.45) is 0 Å². The Morgan fingerprint density at radius 1 is 1.09 bits per heavy atom. The fraction of sp³-hybridized carbons (Fsp3) is 0.480. The van der Waals surface area contributed by atoms with Crippen molar-refractivity contribution in [1.82, 2.24) is 9.21 Å². The Morgan fingerprint density at radius 3 is 2.59 bits per heavy atom. The summed E-state index contributed by atoms with van der Waals surface area (Å²) in [6.07, 6.45) is 3.12. The van der Waals surface area contributed by atoms with Crippen LogP contribution in [0.25, 0.3) is 0 Å². The van der Waals surface area contributed by atoms with E-state index in [2.05, 4.69) is 0 Å². The van der Waals surface area contributed by atoms with Crippen LogP contribution in [0.1, 0.15) is 31.2 Å². The van der Waals surface area contributed by atoms with Gasteiger partial charge in [0.1, 0.15) is 18.0 Å². The summed E-state index contributed by atoms with van der Waals surface area (Å²) >= 11 is 6.09. The van der Waals surface area contributed by atoms with E-state index in [-0.39, 0.29) is 43.5 Å². The second-order valence-corrected chi connectivity index (χ2v) is 11.4. The summed E-state index contributed by atoms with van der Waals surface area (Å²) in [5.74, 6) is 0.503. The highest BCUT2D eigenvalue weighted by Gasteiger charge is 2.44. The molecule has 2 aromatic carbocycles. The molecule has 7 nitrogen and oxygen atoms in total. The number of carbonyl (C=O) groups is 1. The van der Waals surface area contributed by atoms with Gasteiger partial charge in [0.25, 0.3) is 0 Å². The van der Waals surface area contributed by atoms with Crippen molar-refractivity contribution < 1.29 is 22.7 Å². The van der Waals surface area contributed by atoms with Crippen LogP contribution in [-0.4, -0.2) is 68.5 Å². The Hall–Kier alpha value is -2.13. The number of rotatable bonds is 7. The van der Waals surface area contributed by atoms with Crippen molar-refractivity contribution in [2.45, 2.75) is 43.1 Å². The molecule has 0 aliphatic carbocycles. The molecule has 184 valence electrons. The molecule has 2 fully saturated rings. The van der Waals surface area contributed by atoms with E-state index in [1.165, 1.54) is 4.31 Å². The zero-order valence-corrected chi connectivity index (χ0v) is 21.0. The predicted molar refractivity (Wildman–Crippen MR) is 131 cm³/mol. The van der Waals surface area contributed by atoms with Crippen LogP contribution in [0.5, 0.6) is 5.75 Å². The lowest BCUT2D eigenvalue weighted by molar-refractivity contribution is -0.151. The van der Waals surface area contributed by atoms with E-state index in [0.717, 1.165) is 37.9 Å². The van der Waals surface area contributed by atoms with Gasteiger partial charge in [-0.3, -0.25) is 4.79 Å². The van der Waals surface area contributed by atoms with E-state index in [1.807, 2.05) is 17.9 Å². The molecule has 2 aliphatic heterocycles. The van der Waals surface area contributed by atoms with Gasteiger partial charge in [0.05, 0.1) is 17.9 Å². The van der Waals surface area contributed by atoms with Gasteiger partial charge in [0.15, 0.2) is 0 Å². The minimum absolute atomic E-state index is 0.0312. The first-order valence-electron chi connectivity index (χ1n) is 11.6. The van der Waals surface area contributed by atoms with E-state index in [1.54, 1.807) is 42.5 Å². The number of sulfonamides is 1. The van der Waals surface area contributed by atoms with Crippen molar-refractivity contribution in [2.75, 3.05) is 39.4 Å². The number of morpholine rings is 1. The summed E-state index contributed by atoms with van der Waals surface area (Å²) in [6, 6.07) is 13.8. The maximum absolute atomic E-state index is 13.5. The van der Waals surface area contributed by atoms with Gasteiger partial charge in [-0.05, 0) is 62.1 Å². The number of ether oxygens (including phenoxy) is 2. The summed E-state index contributed by atoms with van der Waals surface area (Å²) in [5.41, 5.74) is -0.239. The van der Waals surface area contributed by atoms with Crippen molar-refractivity contribution in [3.8, 4) is 5.75 Å². The number of piperidine rings is 1. The molecule has 2 heterocycles. The number of benzene rings is 2. The lowest BCUT2D eigenvalue weighted by Crippen LogP contribution is -2.58. The Morgan fingerprint density at radius 2 is 1.85 bits per heavy atom. The van der Waals surface area contributed by atoms with Crippen molar-refractivity contribution in [3.63, 3.8) is 0 Å². The molecular formula is C25H31ClN2O5S. The molecule has 0 bridgehead atoms. The first-order chi connectivity index (χ1) is 16.3. The number of halogens is 1. The van der Waals surface area contributed by atoms with Gasteiger partial charge in [0.2, 0.25) is 15.9 Å². The minimum atomic E-state index is -3.75. The topological polar surface area (TPSA) is 76.1 Å². The van der Waals surface area contributed by atoms with Gasteiger partial charge in [-0.15, -0.1) is 0 Å². The van der Waals surface area contributed by atoms with Gasteiger partial charge in [-0.25, -0.2) is 8.42 Å². The summed E-state index contributed by atoms with van der Waals surface area (Å²) < 4.78 is 40.5. The molecule has 2 aromatic rings. The van der Waals surface area contributed by atoms with Gasteiger partial charge in [0, 0.05) is 31.2 Å². The molecule has 9 heteroatoms. The summed E-state index contributed by atoms with van der Waals surface area (Å²) in [6.45, 7) is 3.75. The Labute approximate surface area is 206 Å². The van der Waals surface area contributed by atoms with Crippen LogP contribution < -0.4 is 4.74 Å². The zero-order chi connectivity index (χ0) is 24.2. The number of hydrogen-bond acceptors (Lipinski definition) is 5. The first-order valence-corrected chi connectivity index (χ1v) is 13.5. The van der Waals surface area contributed by atoms with Gasteiger partial charge in [-0.1, -0.05) is 29.8 Å². The Balaban J connectivity index is 1.58. The van der Waals surface area contributed by atoms with Crippen LogP contribution in [0.3, 0.4) is 0 Å². The Kier molecular flexibility index (Phi) is 7.82. The molecule has 34 heavy (non-hydrogen) atoms. The van der Waals surface area contributed by atoms with Crippen LogP contribution in [0, 0.1) is 6.92 Å². The third-order valence-corrected chi connectivity index (χ3v) is 8.40. The fourth-order valence-electron chi connectivity index (χ4n) is 4.49. The second kappa shape index (κ2) is 10.6. The quantitative estimate of drug-likeness (QED) is 0.569. The van der Waals surface area contributed by atoms with Crippen LogP contribution in [0.15, 0.2) is 53.4 Å². The summed E-state index contributed by atoms with van der Waals surface area (Å²) in [7, 11) is -3.75. The number of nitrogens with zero attached hydrogens (tertiary/aromatic N) is 2. The van der Waals surface area contributed by atoms with E-state index >= 15 is 0 Å². The fourth-order valence-corrected chi connectivity index (χ4v) is 6.27. The molecule has 0 aromatic heterocycles. The average Bonchev–Trinajstić information content (AvgIpc) is 2.83. The van der Waals surface area contributed by atoms with Crippen LogP contribution >= 0.6 is 11.6 Å². The number of hydrogen-bond donors (Lipinski definition) is 0. The lowest BCUT2D eigenvalue weighted by Gasteiger charge is -2.42. The normalized spacial score (nSPS) is 21.9. The van der Waals surface area contributed by atoms with Crippen LogP contribution in [0.2, 0.25) is 5.02 Å². The molecule has 1 amide bonds. The highest BCUT2D eigenvalue weighted by Crippen LogP contribution is 2.30. The van der Waals surface area contributed by atoms with Crippen LogP contribution in [0.4, 0.5) is 0 Å². The van der Waals surface area contributed by atoms with Gasteiger partial charge < -0.3 is 14.4 Å². The largest absolute Gasteiger partial charge is 0.490 e. The maximum Gasteiger partial charge on any atom is 0.243 e. The van der Waals surface area contributed by atoms with Gasteiger partial charge in [-0.2, -0.15) is 4.31 Å². The highest BCUT2D eigenvalue weighted by atomic mass is 35.5. The third-order valence-electron chi connectivity index (χ3n) is 6.32. The number of aryl methyl sites for hydroxylation is 1. The van der Waals surface area contributed by atoms with E-state index in [0.29, 0.717) is 10.8 Å². The molecular weight excluding hydrogens is 476 g/mol. The maximum atomic E-state index is 13.5. The highest BCUT2D eigenvalue weighted by molar-refractivity contribution is 7.89. The standard InChI is InChI=1S/C25H31ClN2O5S/c1-20-7-5-10-23(15-20)34(30,31)28-13-14-33-25(18-28,17-24(29)27-11-3-2-4-12-27)19-32-22-9-6-8-21(26)16-22/h5-10,15-16H,2-4,11-14,17-19H2,1H3/t25-/m0/s1. The second-order valence-electron chi connectivity index (χ2n) is 9.05. The molecule has 0 N–H and O–H groups in total. The minimum Gasteiger partial charge on any atom is -0.490 e. The molecule has 1 atom stereocenters. The zero-order valence-electron chi connectivity index (χ0n) is 19.4. The summed E-state index contributed by atoms with van der Waals surface area (Å²) in [5, 5.41) is 0.532. The first kappa shape index (κ1) is 25.0. The third kappa shape index (κ3) is 5.92. The SMILES string of the molecule is Cc1cccc(S(=O)(=O)N2CCO[C@@](COc3cccc(Cl)c3)(CC(=O)N3CCCCC3)C2)c1. The molecule has 0 radical (unpaired) electrons. The monoisotopic (exact) mass is 506 g/mol. The lowest BCUT2D eigenvalue weighted by atomic mass is 9.97. The average molecular weight is 507 g/mol. The summed E-state index contributed by atoms with van der Waals surface area (Å²) in [4.78, 5) is 15.3. The molecule has 4 rings (SSSR count). The number of carbonyl (C=O) groups excluding carboxylic acids is 1. The van der Waals surface area contributed by atoms with Crippen molar-refractivity contribution >= 4 is 27.5 Å². The van der Waals surface area contributed by atoms with E-state index in [9.17, 15) is 13.2 Å². The smallest absolute Gasteiger partial charge is 0.243 e. The van der Waals surface area contributed by atoms with E-state index < -0.39 is 15.6 Å².